The number of thioether (sulfide) groups is 1. The van der Waals surface area contributed by atoms with E-state index < -0.39 is 0 Å². The summed E-state index contributed by atoms with van der Waals surface area (Å²) in [5.41, 5.74) is 0. The molecule has 1 saturated carbocycles. The van der Waals surface area contributed by atoms with E-state index in [2.05, 4.69) is 15.5 Å². The molecule has 2 fully saturated rings. The lowest BCUT2D eigenvalue weighted by Gasteiger charge is -2.23. The van der Waals surface area contributed by atoms with E-state index in [1.807, 2.05) is 16.5 Å². The molecule has 1 aromatic rings. The molecule has 1 aromatic heterocycles. The maximum absolute atomic E-state index is 12.2. The summed E-state index contributed by atoms with van der Waals surface area (Å²) in [6.07, 6.45) is 6.60. The fraction of sp³-hybridized carbons (Fsp3) is 0.733. The van der Waals surface area contributed by atoms with Crippen LogP contribution in [0.1, 0.15) is 32.1 Å². The van der Waals surface area contributed by atoms with Crippen LogP contribution in [-0.2, 0) is 16.6 Å². The molecular formula is C15H23N5O2S. The summed E-state index contributed by atoms with van der Waals surface area (Å²) in [5, 5.41) is 11.6. The van der Waals surface area contributed by atoms with E-state index >= 15 is 0 Å². The van der Waals surface area contributed by atoms with Gasteiger partial charge in [0.15, 0.2) is 5.16 Å². The molecule has 8 heteroatoms. The van der Waals surface area contributed by atoms with Gasteiger partial charge in [-0.25, -0.2) is 0 Å². The first-order valence-electron chi connectivity index (χ1n) is 8.19. The summed E-state index contributed by atoms with van der Waals surface area (Å²) < 4.78 is 1.85. The molecule has 1 aliphatic heterocycles. The average molecular weight is 337 g/mol. The first-order valence-corrected chi connectivity index (χ1v) is 9.17. The third-order valence-corrected chi connectivity index (χ3v) is 5.63. The van der Waals surface area contributed by atoms with E-state index in [1.165, 1.54) is 12.8 Å². The van der Waals surface area contributed by atoms with Crippen LogP contribution < -0.4 is 5.32 Å². The Morgan fingerprint density at radius 3 is 2.91 bits per heavy atom. The van der Waals surface area contributed by atoms with Gasteiger partial charge in [0.1, 0.15) is 6.33 Å². The first-order chi connectivity index (χ1) is 11.1. The number of amides is 2. The number of hydrogen-bond acceptors (Lipinski definition) is 5. The predicted octanol–water partition coefficient (Wildman–Crippen LogP) is 0.814. The topological polar surface area (TPSA) is 80.1 Å². The van der Waals surface area contributed by atoms with Gasteiger partial charge < -0.3 is 14.8 Å². The van der Waals surface area contributed by atoms with Crippen LogP contribution in [0, 0.1) is 5.92 Å². The summed E-state index contributed by atoms with van der Waals surface area (Å²) in [5.74, 6) is 0.691. The van der Waals surface area contributed by atoms with Crippen LogP contribution in [0.15, 0.2) is 11.5 Å². The number of carbonyl (C=O) groups excluding carboxylic acids is 2. The highest BCUT2D eigenvalue weighted by molar-refractivity contribution is 7.99. The molecular weight excluding hydrogens is 314 g/mol. The molecule has 0 spiro atoms. The Morgan fingerprint density at radius 1 is 1.43 bits per heavy atom. The Balaban J connectivity index is 1.40. The molecule has 3 rings (SSSR count). The molecule has 2 heterocycles. The molecule has 1 saturated heterocycles. The molecule has 0 aromatic carbocycles. The molecule has 2 amide bonds. The van der Waals surface area contributed by atoms with Crippen molar-refractivity contribution in [2.24, 2.45) is 13.0 Å². The van der Waals surface area contributed by atoms with Gasteiger partial charge in [-0.1, -0.05) is 24.6 Å². The fourth-order valence-corrected chi connectivity index (χ4v) is 4.08. The summed E-state index contributed by atoms with van der Waals surface area (Å²) in [6, 6.07) is 0.367. The molecule has 1 unspecified atom stereocenters. The first kappa shape index (κ1) is 16.3. The van der Waals surface area contributed by atoms with Crippen LogP contribution in [0.25, 0.3) is 0 Å². The lowest BCUT2D eigenvalue weighted by molar-refractivity contribution is -0.130. The summed E-state index contributed by atoms with van der Waals surface area (Å²) in [4.78, 5) is 26.3. The summed E-state index contributed by atoms with van der Waals surface area (Å²) in [6.45, 7) is 1.16. The van der Waals surface area contributed by atoms with Crippen LogP contribution in [0.4, 0.5) is 0 Å². The zero-order valence-electron chi connectivity index (χ0n) is 13.4. The molecule has 1 atom stereocenters. The van der Waals surface area contributed by atoms with Crippen molar-refractivity contribution in [2.45, 2.75) is 43.3 Å². The standard InChI is InChI=1S/C15H23N5O2S/c1-19-10-17-18-15(19)23-7-6-16-14(22)11-8-13(21)20(9-11)12-4-2-3-5-12/h10-12H,2-9H2,1H3,(H,16,22). The van der Waals surface area contributed by atoms with Gasteiger partial charge in [-0.05, 0) is 12.8 Å². The van der Waals surface area contributed by atoms with Crippen molar-refractivity contribution in [3.63, 3.8) is 0 Å². The second kappa shape index (κ2) is 7.33. The van der Waals surface area contributed by atoms with Crippen molar-refractivity contribution >= 4 is 23.6 Å². The number of carbonyl (C=O) groups is 2. The van der Waals surface area contributed by atoms with Crippen molar-refractivity contribution < 1.29 is 9.59 Å². The Hall–Kier alpha value is -1.57. The second-order valence-corrected chi connectivity index (χ2v) is 7.31. The van der Waals surface area contributed by atoms with Crippen molar-refractivity contribution in [3.8, 4) is 0 Å². The SMILES string of the molecule is Cn1cnnc1SCCNC(=O)C1CC(=O)N(C2CCCC2)C1. The predicted molar refractivity (Wildman–Crippen MR) is 86.8 cm³/mol. The minimum absolute atomic E-state index is 0.00240. The van der Waals surface area contributed by atoms with Gasteiger partial charge in [0.05, 0.1) is 5.92 Å². The van der Waals surface area contributed by atoms with Crippen LogP contribution in [0.3, 0.4) is 0 Å². The number of rotatable bonds is 6. The zero-order chi connectivity index (χ0) is 16.2. The van der Waals surface area contributed by atoms with E-state index in [4.69, 9.17) is 0 Å². The van der Waals surface area contributed by atoms with Gasteiger partial charge in [-0.3, -0.25) is 9.59 Å². The molecule has 0 bridgehead atoms. The minimum Gasteiger partial charge on any atom is -0.355 e. The van der Waals surface area contributed by atoms with Crippen molar-refractivity contribution in [1.29, 1.82) is 0 Å². The van der Waals surface area contributed by atoms with Crippen LogP contribution in [0.5, 0.6) is 0 Å². The number of aromatic nitrogens is 3. The summed E-state index contributed by atoms with van der Waals surface area (Å²) >= 11 is 1.56. The Kier molecular flexibility index (Phi) is 5.20. The number of nitrogens with one attached hydrogen (secondary N) is 1. The molecule has 1 N–H and O–H groups in total. The van der Waals surface area contributed by atoms with Gasteiger partial charge in [0.2, 0.25) is 11.8 Å². The Bertz CT molecular complexity index is 570. The van der Waals surface area contributed by atoms with Crippen LogP contribution >= 0.6 is 11.8 Å². The molecule has 126 valence electrons. The van der Waals surface area contributed by atoms with E-state index in [1.54, 1.807) is 18.1 Å². The van der Waals surface area contributed by atoms with Crippen molar-refractivity contribution in [2.75, 3.05) is 18.8 Å². The molecule has 2 aliphatic rings. The zero-order valence-corrected chi connectivity index (χ0v) is 14.2. The van der Waals surface area contributed by atoms with Gasteiger partial charge >= 0.3 is 0 Å². The molecule has 23 heavy (non-hydrogen) atoms. The van der Waals surface area contributed by atoms with Gasteiger partial charge in [-0.2, -0.15) is 0 Å². The minimum atomic E-state index is -0.192. The maximum atomic E-state index is 12.2. The number of hydrogen-bond donors (Lipinski definition) is 1. The van der Waals surface area contributed by atoms with Crippen molar-refractivity contribution in [3.05, 3.63) is 6.33 Å². The van der Waals surface area contributed by atoms with Crippen molar-refractivity contribution in [1.82, 2.24) is 25.0 Å². The number of nitrogens with zero attached hydrogens (tertiary/aromatic N) is 4. The number of likely N-dealkylation sites (tertiary alicyclic amines) is 1. The van der Waals surface area contributed by atoms with Crippen LogP contribution in [0.2, 0.25) is 0 Å². The monoisotopic (exact) mass is 337 g/mol. The second-order valence-electron chi connectivity index (χ2n) is 6.25. The normalized spacial score (nSPS) is 22.0. The maximum Gasteiger partial charge on any atom is 0.225 e. The highest BCUT2D eigenvalue weighted by atomic mass is 32.2. The molecule has 1 aliphatic carbocycles. The Morgan fingerprint density at radius 2 is 2.22 bits per heavy atom. The van der Waals surface area contributed by atoms with E-state index in [0.29, 0.717) is 25.6 Å². The van der Waals surface area contributed by atoms with E-state index in [9.17, 15) is 9.59 Å². The highest BCUT2D eigenvalue weighted by Crippen LogP contribution is 2.29. The van der Waals surface area contributed by atoms with Crippen LogP contribution in [-0.4, -0.2) is 56.4 Å². The number of aryl methyl sites for hydroxylation is 1. The van der Waals surface area contributed by atoms with E-state index in [0.717, 1.165) is 23.8 Å². The van der Waals surface area contributed by atoms with Gasteiger partial charge in [0.25, 0.3) is 0 Å². The molecule has 0 radical (unpaired) electrons. The largest absolute Gasteiger partial charge is 0.355 e. The highest BCUT2D eigenvalue weighted by Gasteiger charge is 2.38. The summed E-state index contributed by atoms with van der Waals surface area (Å²) in [7, 11) is 1.89. The third-order valence-electron chi connectivity index (χ3n) is 4.60. The quantitative estimate of drug-likeness (QED) is 0.614. The third kappa shape index (κ3) is 3.85. The molecule has 7 nitrogen and oxygen atoms in total. The lowest BCUT2D eigenvalue weighted by Crippen LogP contribution is -2.37. The smallest absolute Gasteiger partial charge is 0.225 e. The van der Waals surface area contributed by atoms with E-state index in [-0.39, 0.29) is 17.7 Å². The van der Waals surface area contributed by atoms with Gasteiger partial charge in [0, 0.05) is 38.4 Å². The Labute approximate surface area is 140 Å². The fourth-order valence-electron chi connectivity index (χ4n) is 3.34. The van der Waals surface area contributed by atoms with Gasteiger partial charge in [-0.15, -0.1) is 10.2 Å². The average Bonchev–Trinajstić information content (AvgIpc) is 3.25. The lowest BCUT2D eigenvalue weighted by atomic mass is 10.1.